The van der Waals surface area contributed by atoms with Crippen molar-refractivity contribution in [1.82, 2.24) is 30.4 Å². The van der Waals surface area contributed by atoms with Gasteiger partial charge in [-0.15, -0.1) is 0 Å². The van der Waals surface area contributed by atoms with Crippen LogP contribution in [0.2, 0.25) is 0 Å². The van der Waals surface area contributed by atoms with Crippen LogP contribution in [0.5, 0.6) is 17.2 Å². The van der Waals surface area contributed by atoms with Gasteiger partial charge in [0.05, 0.1) is 19.8 Å². The highest BCUT2D eigenvalue weighted by atomic mass is 19.1. The Balaban J connectivity index is 1.13. The molecule has 18 nitrogen and oxygen atoms in total. The lowest BCUT2D eigenvalue weighted by Crippen LogP contribution is -2.16. The van der Waals surface area contributed by atoms with Crippen molar-refractivity contribution in [2.45, 2.75) is 58.3 Å². The Kier molecular flexibility index (Phi) is 16.7. The third-order valence-electron chi connectivity index (χ3n) is 10.3. The number of nitrogens with zero attached hydrogens (tertiary/aromatic N) is 6. The summed E-state index contributed by atoms with van der Waals surface area (Å²) in [5, 5.41) is 12.2. The SMILES string of the molecule is C=CC(=O)OC(C)CCOc1ccc(-c2noc(-c3cc(-c4nc(-c5ccc(OCCC(C)OC(=O)C=C)c(F)c5)no4)cc(-c4nc(-c5ccc(OCCC(C)OC(=O)C=C)c(F)c5)no4)c3)n2)cc1F. The number of hydrogen-bond donors (Lipinski definition) is 0. The average Bonchev–Trinajstić information content (AvgIpc) is 4.18. The van der Waals surface area contributed by atoms with Gasteiger partial charge in [-0.25, -0.2) is 27.6 Å². The number of carbonyl (C=O) groups excluding carboxylic acids is 3. The van der Waals surface area contributed by atoms with Gasteiger partial charge in [0.1, 0.15) is 18.3 Å². The Bertz CT molecular complexity index is 2760. The van der Waals surface area contributed by atoms with Crippen LogP contribution >= 0.6 is 0 Å². The summed E-state index contributed by atoms with van der Waals surface area (Å²) in [6, 6.07) is 17.1. The molecule has 0 aliphatic carbocycles. The van der Waals surface area contributed by atoms with Crippen molar-refractivity contribution < 1.29 is 69.5 Å². The van der Waals surface area contributed by atoms with Crippen LogP contribution in [0, 0.1) is 17.5 Å². The standard InChI is InChI=1S/C51H45F3N6O12/c1-7-43(61)67-28(4)16-19-64-40-13-10-31(25-37(40)52)46-55-49(70-58-46)34-22-35(50-56-47(59-71-50)32-11-14-41(38(53)26-32)65-20-17-29(5)68-44(62)8-2)24-36(23-34)51-57-48(60-72-51)33-12-15-42(39(54)27-33)66-21-18-30(6)69-45(63)9-3/h7-15,22-30H,1-3,16-21H2,4-6H3. The van der Waals surface area contributed by atoms with Crippen LogP contribution in [0.1, 0.15) is 40.0 Å². The fourth-order valence-electron chi connectivity index (χ4n) is 6.56. The van der Waals surface area contributed by atoms with Crippen LogP contribution in [0.25, 0.3) is 68.5 Å². The minimum Gasteiger partial charge on any atom is -0.490 e. The molecular formula is C51H45F3N6O12. The molecule has 0 bridgehead atoms. The molecule has 4 aromatic carbocycles. The number of rotatable bonds is 24. The number of carbonyl (C=O) groups is 3. The van der Waals surface area contributed by atoms with E-state index in [4.69, 9.17) is 42.0 Å². The lowest BCUT2D eigenvalue weighted by Gasteiger charge is -2.13. The van der Waals surface area contributed by atoms with Crippen LogP contribution in [-0.2, 0) is 28.6 Å². The summed E-state index contributed by atoms with van der Waals surface area (Å²) in [4.78, 5) is 47.9. The van der Waals surface area contributed by atoms with E-state index in [0.29, 0.717) is 19.3 Å². The van der Waals surface area contributed by atoms with Crippen molar-refractivity contribution in [3.05, 3.63) is 128 Å². The van der Waals surface area contributed by atoms with E-state index in [1.807, 2.05) is 0 Å². The first kappa shape index (κ1) is 51.0. The second-order valence-electron chi connectivity index (χ2n) is 15.8. The van der Waals surface area contributed by atoms with Gasteiger partial charge in [0.15, 0.2) is 34.7 Å². The first-order valence-corrected chi connectivity index (χ1v) is 22.1. The normalized spacial score (nSPS) is 12.2. The largest absolute Gasteiger partial charge is 0.490 e. The Morgan fingerprint density at radius 1 is 0.472 bits per heavy atom. The fraction of sp³-hybridized carbons (Fsp3) is 0.235. The average molecular weight is 991 g/mol. The molecule has 3 atom stereocenters. The van der Waals surface area contributed by atoms with Crippen molar-refractivity contribution in [3.8, 4) is 85.8 Å². The molecule has 3 heterocycles. The second kappa shape index (κ2) is 23.6. The van der Waals surface area contributed by atoms with Gasteiger partial charge < -0.3 is 42.0 Å². The number of halogens is 3. The number of esters is 3. The first-order chi connectivity index (χ1) is 34.7. The maximum absolute atomic E-state index is 15.3. The molecule has 7 aromatic rings. The molecule has 0 saturated heterocycles. The van der Waals surface area contributed by atoms with Crippen molar-refractivity contribution in [2.75, 3.05) is 19.8 Å². The monoisotopic (exact) mass is 990 g/mol. The van der Waals surface area contributed by atoms with Gasteiger partial charge in [0.2, 0.25) is 17.5 Å². The topological polar surface area (TPSA) is 223 Å². The molecule has 0 spiro atoms. The van der Waals surface area contributed by atoms with E-state index >= 15 is 13.2 Å². The van der Waals surface area contributed by atoms with E-state index in [-0.39, 0.29) is 106 Å². The fourth-order valence-corrected chi connectivity index (χ4v) is 6.56. The van der Waals surface area contributed by atoms with Crippen molar-refractivity contribution in [2.24, 2.45) is 0 Å². The number of ether oxygens (including phenoxy) is 6. The summed E-state index contributed by atoms with van der Waals surface area (Å²) in [5.41, 5.74) is 1.62. The zero-order valence-electron chi connectivity index (χ0n) is 39.0. The maximum Gasteiger partial charge on any atom is 0.330 e. The summed E-state index contributed by atoms with van der Waals surface area (Å²) in [5.74, 6) is -4.06. The van der Waals surface area contributed by atoms with E-state index in [1.54, 1.807) is 39.0 Å². The minimum atomic E-state index is -0.709. The summed E-state index contributed by atoms with van der Waals surface area (Å²) >= 11 is 0. The molecule has 0 fully saturated rings. The lowest BCUT2D eigenvalue weighted by molar-refractivity contribution is -0.143. The highest BCUT2D eigenvalue weighted by molar-refractivity contribution is 5.82. The third kappa shape index (κ3) is 13.3. The molecular weight excluding hydrogens is 946 g/mol. The molecule has 0 radical (unpaired) electrons. The van der Waals surface area contributed by atoms with Crippen molar-refractivity contribution in [3.63, 3.8) is 0 Å². The quantitative estimate of drug-likeness (QED) is 0.0312. The molecule has 0 N–H and O–H groups in total. The number of hydrogen-bond acceptors (Lipinski definition) is 18. The maximum atomic E-state index is 15.3. The van der Waals surface area contributed by atoms with Crippen LogP contribution in [-0.4, -0.2) is 86.5 Å². The number of benzene rings is 4. The van der Waals surface area contributed by atoms with Crippen LogP contribution in [0.15, 0.2) is 124 Å². The zero-order valence-corrected chi connectivity index (χ0v) is 39.0. The van der Waals surface area contributed by atoms with Gasteiger partial charge in [-0.3, -0.25) is 0 Å². The predicted molar refractivity (Wildman–Crippen MR) is 250 cm³/mol. The Hall–Kier alpha value is -8.88. The minimum absolute atomic E-state index is 0.0210. The van der Waals surface area contributed by atoms with Crippen LogP contribution in [0.4, 0.5) is 13.2 Å². The van der Waals surface area contributed by atoms with Crippen molar-refractivity contribution >= 4 is 17.9 Å². The van der Waals surface area contributed by atoms with Crippen LogP contribution < -0.4 is 14.2 Å². The molecule has 0 aliphatic heterocycles. The Morgan fingerprint density at radius 2 is 0.750 bits per heavy atom. The van der Waals surface area contributed by atoms with Gasteiger partial charge >= 0.3 is 17.9 Å². The molecule has 372 valence electrons. The van der Waals surface area contributed by atoms with E-state index in [1.165, 1.54) is 54.6 Å². The number of aromatic nitrogens is 6. The molecule has 3 aromatic heterocycles. The first-order valence-electron chi connectivity index (χ1n) is 22.1. The molecule has 0 amide bonds. The molecule has 72 heavy (non-hydrogen) atoms. The predicted octanol–water partition coefficient (Wildman–Crippen LogP) is 9.91. The molecule has 21 heteroatoms. The van der Waals surface area contributed by atoms with E-state index in [0.717, 1.165) is 18.2 Å². The molecule has 7 rings (SSSR count). The summed E-state index contributed by atoms with van der Waals surface area (Å²) in [7, 11) is 0. The Morgan fingerprint density at radius 3 is 1.00 bits per heavy atom. The van der Waals surface area contributed by atoms with Gasteiger partial charge in [-0.2, -0.15) is 15.0 Å². The van der Waals surface area contributed by atoms with Crippen molar-refractivity contribution in [1.29, 1.82) is 0 Å². The van der Waals surface area contributed by atoms with Gasteiger partial charge in [0.25, 0.3) is 17.7 Å². The highest BCUT2D eigenvalue weighted by Gasteiger charge is 2.22. The smallest absolute Gasteiger partial charge is 0.330 e. The zero-order chi connectivity index (χ0) is 51.3. The summed E-state index contributed by atoms with van der Waals surface area (Å²) in [6.07, 6.45) is 2.58. The molecule has 0 aliphatic rings. The van der Waals surface area contributed by atoms with E-state index in [2.05, 4.69) is 50.2 Å². The lowest BCUT2D eigenvalue weighted by atomic mass is 10.0. The third-order valence-corrected chi connectivity index (χ3v) is 10.3. The second-order valence-corrected chi connectivity index (χ2v) is 15.8. The van der Waals surface area contributed by atoms with E-state index in [9.17, 15) is 14.4 Å². The highest BCUT2D eigenvalue weighted by Crippen LogP contribution is 2.35. The van der Waals surface area contributed by atoms with Gasteiger partial charge in [-0.05, 0) is 93.6 Å². The Labute approximate surface area is 409 Å². The van der Waals surface area contributed by atoms with Gasteiger partial charge in [0, 0.05) is 70.9 Å². The van der Waals surface area contributed by atoms with E-state index < -0.39 is 53.7 Å². The van der Waals surface area contributed by atoms with Crippen LogP contribution in [0.3, 0.4) is 0 Å². The molecule has 3 unspecified atom stereocenters. The molecule has 0 saturated carbocycles. The summed E-state index contributed by atoms with van der Waals surface area (Å²) < 4.78 is 94.8. The summed E-state index contributed by atoms with van der Waals surface area (Å²) in [6.45, 7) is 15.3. The van der Waals surface area contributed by atoms with Gasteiger partial charge in [-0.1, -0.05) is 35.2 Å².